The molecule has 0 aliphatic carbocycles. The first-order valence-corrected chi connectivity index (χ1v) is 5.83. The Kier molecular flexibility index (Phi) is 2.98. The monoisotopic (exact) mass is 148 g/mol. The molecule has 1 atom stereocenters. The molecule has 0 aromatic heterocycles. The lowest BCUT2D eigenvalue weighted by atomic mass is 10.6. The van der Waals surface area contributed by atoms with Crippen LogP contribution in [-0.4, -0.2) is 28.9 Å². The molecule has 0 amide bonds. The molecule has 0 spiro atoms. The Bertz CT molecular complexity index is 78.5. The number of hydrogen-bond donors (Lipinski definition) is 0. The highest BCUT2D eigenvalue weighted by atomic mass is 32.2. The van der Waals surface area contributed by atoms with Crippen LogP contribution >= 0.6 is 22.2 Å². The van der Waals surface area contributed by atoms with E-state index >= 15 is 0 Å². The van der Waals surface area contributed by atoms with E-state index in [0.717, 1.165) is 0 Å². The van der Waals surface area contributed by atoms with Gasteiger partial charge in [0.05, 0.1) is 0 Å². The number of thioether (sulfide) groups is 1. The van der Waals surface area contributed by atoms with Gasteiger partial charge in [0.1, 0.15) is 0 Å². The van der Waals surface area contributed by atoms with Gasteiger partial charge < -0.3 is 0 Å². The largest absolute Gasteiger partial charge is 0.192 e. The normalized spacial score (nSPS) is 31.8. The molecule has 0 nitrogen and oxygen atoms in total. The van der Waals surface area contributed by atoms with Crippen molar-refractivity contribution in [2.75, 3.05) is 23.0 Å². The standard InChI is InChI=1S/C6H12S2/c1-8-5-2-3-7-4-6-8/h1-6H2. The van der Waals surface area contributed by atoms with Crippen molar-refractivity contribution < 1.29 is 0 Å². The van der Waals surface area contributed by atoms with Gasteiger partial charge in [0.25, 0.3) is 0 Å². The Morgan fingerprint density at radius 3 is 3.00 bits per heavy atom. The predicted octanol–water partition coefficient (Wildman–Crippen LogP) is 1.82. The topological polar surface area (TPSA) is 0 Å². The highest BCUT2D eigenvalue weighted by Crippen LogP contribution is 2.19. The fourth-order valence-electron chi connectivity index (χ4n) is 0.746. The Hall–Kier alpha value is 0.570. The molecular formula is C6H12S2. The van der Waals surface area contributed by atoms with E-state index in [2.05, 4.69) is 17.6 Å². The van der Waals surface area contributed by atoms with Gasteiger partial charge >= 0.3 is 0 Å². The third-order valence-corrected chi connectivity index (χ3v) is 4.21. The summed E-state index contributed by atoms with van der Waals surface area (Å²) in [7, 11) is 0.522. The van der Waals surface area contributed by atoms with Crippen LogP contribution in [-0.2, 0) is 0 Å². The lowest BCUT2D eigenvalue weighted by Crippen LogP contribution is -1.83. The quantitative estimate of drug-likeness (QED) is 0.472. The predicted molar refractivity (Wildman–Crippen MR) is 46.4 cm³/mol. The molecule has 1 aliphatic rings. The summed E-state index contributed by atoms with van der Waals surface area (Å²) in [5, 5.41) is 0. The third-order valence-electron chi connectivity index (χ3n) is 1.24. The van der Waals surface area contributed by atoms with Crippen LogP contribution in [0.25, 0.3) is 0 Å². The number of hydrogen-bond acceptors (Lipinski definition) is 1. The van der Waals surface area contributed by atoms with Crippen LogP contribution < -0.4 is 0 Å². The van der Waals surface area contributed by atoms with Gasteiger partial charge in [0, 0.05) is 5.75 Å². The van der Waals surface area contributed by atoms with E-state index in [0.29, 0.717) is 10.5 Å². The van der Waals surface area contributed by atoms with Gasteiger partial charge in [-0.1, -0.05) is 5.87 Å². The Labute approximate surface area is 58.0 Å². The molecule has 0 N–H and O–H groups in total. The molecule has 0 aromatic carbocycles. The molecule has 1 heterocycles. The van der Waals surface area contributed by atoms with E-state index < -0.39 is 0 Å². The molecule has 1 aliphatic heterocycles. The highest BCUT2D eigenvalue weighted by molar-refractivity contribution is 8.15. The van der Waals surface area contributed by atoms with Gasteiger partial charge in [-0.2, -0.15) is 22.2 Å². The van der Waals surface area contributed by atoms with Crippen LogP contribution in [0.3, 0.4) is 0 Å². The summed E-state index contributed by atoms with van der Waals surface area (Å²) in [6.07, 6.45) is 1.40. The second-order valence-corrected chi connectivity index (χ2v) is 5.25. The molecule has 0 bridgehead atoms. The third kappa shape index (κ3) is 2.23. The fraction of sp³-hybridized carbons (Fsp3) is 0.833. The molecule has 0 saturated carbocycles. The lowest BCUT2D eigenvalue weighted by molar-refractivity contribution is 1.13. The van der Waals surface area contributed by atoms with Crippen LogP contribution in [0.4, 0.5) is 0 Å². The van der Waals surface area contributed by atoms with Gasteiger partial charge in [0.15, 0.2) is 0 Å². The molecule has 2 heteroatoms. The Morgan fingerprint density at radius 2 is 2.12 bits per heavy atom. The molecule has 8 heavy (non-hydrogen) atoms. The van der Waals surface area contributed by atoms with Crippen molar-refractivity contribution in [1.29, 1.82) is 0 Å². The van der Waals surface area contributed by atoms with Crippen LogP contribution in [0.1, 0.15) is 6.42 Å². The minimum Gasteiger partial charge on any atom is -0.192 e. The molecule has 0 aromatic rings. The van der Waals surface area contributed by atoms with E-state index in [1.165, 1.54) is 29.4 Å². The second-order valence-electron chi connectivity index (χ2n) is 1.99. The summed E-state index contributed by atoms with van der Waals surface area (Å²) >= 11 is 2.09. The smallest absolute Gasteiger partial charge is 0.00188 e. The van der Waals surface area contributed by atoms with Gasteiger partial charge in [0.2, 0.25) is 0 Å². The molecule has 1 fully saturated rings. The zero-order chi connectivity index (χ0) is 5.82. The summed E-state index contributed by atoms with van der Waals surface area (Å²) in [5.41, 5.74) is 0. The van der Waals surface area contributed by atoms with Crippen molar-refractivity contribution in [2.24, 2.45) is 0 Å². The molecule has 1 saturated heterocycles. The molecule has 1 unspecified atom stereocenters. The van der Waals surface area contributed by atoms with Gasteiger partial charge in [-0.15, -0.1) is 0 Å². The van der Waals surface area contributed by atoms with Crippen LogP contribution in [0.15, 0.2) is 0 Å². The van der Waals surface area contributed by atoms with Crippen molar-refractivity contribution in [3.8, 4) is 0 Å². The SMILES string of the molecule is C=S1CCCSCC1. The molecule has 0 radical (unpaired) electrons. The zero-order valence-corrected chi connectivity index (χ0v) is 6.69. The zero-order valence-electron chi connectivity index (χ0n) is 5.06. The maximum absolute atomic E-state index is 4.07. The Balaban J connectivity index is 2.27. The number of rotatable bonds is 0. The average molecular weight is 148 g/mol. The minimum absolute atomic E-state index is 0.522. The van der Waals surface area contributed by atoms with Crippen molar-refractivity contribution in [3.05, 3.63) is 0 Å². The Morgan fingerprint density at radius 1 is 1.25 bits per heavy atom. The van der Waals surface area contributed by atoms with Gasteiger partial charge in [-0.05, 0) is 23.7 Å². The second kappa shape index (κ2) is 3.57. The maximum atomic E-state index is 4.07. The first kappa shape index (κ1) is 6.69. The minimum atomic E-state index is 0.522. The van der Waals surface area contributed by atoms with Crippen molar-refractivity contribution in [3.63, 3.8) is 0 Å². The van der Waals surface area contributed by atoms with Crippen molar-refractivity contribution in [2.45, 2.75) is 6.42 Å². The molecule has 1 rings (SSSR count). The van der Waals surface area contributed by atoms with Crippen LogP contribution in [0.5, 0.6) is 0 Å². The average Bonchev–Trinajstić information content (AvgIpc) is 1.94. The van der Waals surface area contributed by atoms with E-state index in [1.807, 2.05) is 0 Å². The summed E-state index contributed by atoms with van der Waals surface area (Å²) in [5.74, 6) is 9.55. The lowest BCUT2D eigenvalue weighted by Gasteiger charge is -1.96. The van der Waals surface area contributed by atoms with E-state index in [4.69, 9.17) is 0 Å². The first-order chi connectivity index (χ1) is 3.89. The molecular weight excluding hydrogens is 136 g/mol. The van der Waals surface area contributed by atoms with Crippen molar-refractivity contribution in [1.82, 2.24) is 0 Å². The summed E-state index contributed by atoms with van der Waals surface area (Å²) in [4.78, 5) is 0. The fourth-order valence-corrected chi connectivity index (χ4v) is 3.65. The van der Waals surface area contributed by atoms with E-state index in [9.17, 15) is 0 Å². The highest BCUT2D eigenvalue weighted by Gasteiger charge is 1.98. The van der Waals surface area contributed by atoms with Gasteiger partial charge in [-0.25, -0.2) is 0 Å². The van der Waals surface area contributed by atoms with Crippen LogP contribution in [0.2, 0.25) is 0 Å². The van der Waals surface area contributed by atoms with Crippen molar-refractivity contribution >= 4 is 28.1 Å². The first-order valence-electron chi connectivity index (χ1n) is 2.94. The summed E-state index contributed by atoms with van der Waals surface area (Å²) in [6, 6.07) is 0. The summed E-state index contributed by atoms with van der Waals surface area (Å²) in [6.45, 7) is 0. The van der Waals surface area contributed by atoms with Crippen LogP contribution in [0, 0.1) is 0 Å². The van der Waals surface area contributed by atoms with E-state index in [-0.39, 0.29) is 0 Å². The summed E-state index contributed by atoms with van der Waals surface area (Å²) < 4.78 is 0. The van der Waals surface area contributed by atoms with Gasteiger partial charge in [-0.3, -0.25) is 0 Å². The van der Waals surface area contributed by atoms with E-state index in [1.54, 1.807) is 0 Å². The maximum Gasteiger partial charge on any atom is 0.00188 e. The molecule has 48 valence electrons.